The van der Waals surface area contributed by atoms with Crippen molar-refractivity contribution < 1.29 is 14.4 Å². The molecule has 0 fully saturated rings. The van der Waals surface area contributed by atoms with Crippen LogP contribution in [0, 0.1) is 6.92 Å². The minimum Gasteiger partial charge on any atom is -0.448 e. The monoisotopic (exact) mass is 299 g/mol. The SMILES string of the molecule is CCOC(=O)N(Cc1ccccc1C)OCc1ccccc1. The van der Waals surface area contributed by atoms with Crippen molar-refractivity contribution in [3.8, 4) is 0 Å². The highest BCUT2D eigenvalue weighted by Crippen LogP contribution is 2.13. The largest absolute Gasteiger partial charge is 0.448 e. The van der Waals surface area contributed by atoms with Crippen LogP contribution >= 0.6 is 0 Å². The van der Waals surface area contributed by atoms with Crippen LogP contribution in [0.2, 0.25) is 0 Å². The summed E-state index contributed by atoms with van der Waals surface area (Å²) in [6, 6.07) is 17.6. The van der Waals surface area contributed by atoms with Gasteiger partial charge in [0.25, 0.3) is 0 Å². The molecule has 0 heterocycles. The summed E-state index contributed by atoms with van der Waals surface area (Å²) in [6.07, 6.45) is -0.471. The van der Waals surface area contributed by atoms with Crippen LogP contribution in [0.3, 0.4) is 0 Å². The van der Waals surface area contributed by atoms with E-state index < -0.39 is 6.09 Å². The van der Waals surface area contributed by atoms with Gasteiger partial charge in [0.2, 0.25) is 0 Å². The highest BCUT2D eigenvalue weighted by molar-refractivity contribution is 5.66. The van der Waals surface area contributed by atoms with Gasteiger partial charge in [0, 0.05) is 0 Å². The highest BCUT2D eigenvalue weighted by Gasteiger charge is 2.17. The molecule has 22 heavy (non-hydrogen) atoms. The van der Waals surface area contributed by atoms with Crippen molar-refractivity contribution in [3.05, 3.63) is 71.3 Å². The molecule has 0 aromatic heterocycles. The van der Waals surface area contributed by atoms with Crippen LogP contribution in [-0.4, -0.2) is 17.8 Å². The Labute approximate surface area is 131 Å². The Balaban J connectivity index is 2.06. The number of benzene rings is 2. The first-order valence-electron chi connectivity index (χ1n) is 7.36. The molecule has 0 aliphatic heterocycles. The lowest BCUT2D eigenvalue weighted by molar-refractivity contribution is -0.152. The molecular weight excluding hydrogens is 278 g/mol. The molecule has 0 aliphatic rings. The third kappa shape index (κ3) is 4.60. The van der Waals surface area contributed by atoms with Gasteiger partial charge < -0.3 is 4.74 Å². The van der Waals surface area contributed by atoms with Crippen LogP contribution in [0.1, 0.15) is 23.6 Å². The summed E-state index contributed by atoms with van der Waals surface area (Å²) in [5.41, 5.74) is 3.14. The summed E-state index contributed by atoms with van der Waals surface area (Å²) in [4.78, 5) is 17.7. The Morgan fingerprint density at radius 2 is 1.73 bits per heavy atom. The number of carbonyl (C=O) groups excluding carboxylic acids is 1. The van der Waals surface area contributed by atoms with Crippen LogP contribution in [0.4, 0.5) is 4.79 Å². The average Bonchev–Trinajstić information content (AvgIpc) is 2.54. The van der Waals surface area contributed by atoms with Gasteiger partial charge in [-0.25, -0.2) is 4.79 Å². The van der Waals surface area contributed by atoms with Gasteiger partial charge in [0.1, 0.15) is 6.61 Å². The van der Waals surface area contributed by atoms with Crippen molar-refractivity contribution in [2.45, 2.75) is 27.0 Å². The second-order valence-corrected chi connectivity index (χ2v) is 4.92. The van der Waals surface area contributed by atoms with Crippen molar-refractivity contribution >= 4 is 6.09 Å². The van der Waals surface area contributed by atoms with E-state index in [4.69, 9.17) is 9.57 Å². The maximum atomic E-state index is 12.1. The predicted molar refractivity (Wildman–Crippen MR) is 85.0 cm³/mol. The average molecular weight is 299 g/mol. The zero-order valence-electron chi connectivity index (χ0n) is 13.0. The van der Waals surface area contributed by atoms with E-state index in [1.165, 1.54) is 5.06 Å². The van der Waals surface area contributed by atoms with E-state index in [-0.39, 0.29) is 0 Å². The first-order chi connectivity index (χ1) is 10.7. The van der Waals surface area contributed by atoms with E-state index in [0.717, 1.165) is 16.7 Å². The predicted octanol–water partition coefficient (Wildman–Crippen LogP) is 4.09. The third-order valence-corrected chi connectivity index (χ3v) is 3.28. The van der Waals surface area contributed by atoms with Crippen molar-refractivity contribution in [1.82, 2.24) is 5.06 Å². The van der Waals surface area contributed by atoms with E-state index in [2.05, 4.69) is 0 Å². The van der Waals surface area contributed by atoms with Gasteiger partial charge >= 0.3 is 6.09 Å². The van der Waals surface area contributed by atoms with Crippen molar-refractivity contribution in [1.29, 1.82) is 0 Å². The zero-order valence-corrected chi connectivity index (χ0v) is 13.0. The van der Waals surface area contributed by atoms with Crippen molar-refractivity contribution in [2.24, 2.45) is 0 Å². The maximum absolute atomic E-state index is 12.1. The van der Waals surface area contributed by atoms with Crippen LogP contribution < -0.4 is 0 Å². The quantitative estimate of drug-likeness (QED) is 0.754. The molecule has 0 saturated carbocycles. The Hall–Kier alpha value is -2.33. The van der Waals surface area contributed by atoms with E-state index in [0.29, 0.717) is 19.8 Å². The molecule has 1 amide bonds. The maximum Gasteiger partial charge on any atom is 0.434 e. The minimum atomic E-state index is -0.471. The molecule has 0 bridgehead atoms. The molecule has 2 aromatic rings. The van der Waals surface area contributed by atoms with Crippen LogP contribution in [0.5, 0.6) is 0 Å². The van der Waals surface area contributed by atoms with Gasteiger partial charge in [-0.3, -0.25) is 4.84 Å². The standard InChI is InChI=1S/C18H21NO3/c1-3-21-18(20)19(13-17-12-8-7-9-15(17)2)22-14-16-10-5-4-6-11-16/h4-12H,3,13-14H2,1-2H3. The van der Waals surface area contributed by atoms with Gasteiger partial charge in [-0.05, 0) is 30.5 Å². The van der Waals surface area contributed by atoms with E-state index in [9.17, 15) is 4.79 Å². The number of aryl methyl sites for hydroxylation is 1. The smallest absolute Gasteiger partial charge is 0.434 e. The number of hydroxylamine groups is 2. The van der Waals surface area contributed by atoms with Crippen LogP contribution in [0.15, 0.2) is 54.6 Å². The van der Waals surface area contributed by atoms with Gasteiger partial charge in [0.05, 0.1) is 13.2 Å². The minimum absolute atomic E-state index is 0.317. The number of hydrogen-bond donors (Lipinski definition) is 0. The molecule has 0 radical (unpaired) electrons. The normalized spacial score (nSPS) is 10.3. The summed E-state index contributed by atoms with van der Waals surface area (Å²) < 4.78 is 5.07. The van der Waals surface area contributed by atoms with Gasteiger partial charge in [0.15, 0.2) is 0 Å². The molecule has 0 atom stereocenters. The lowest BCUT2D eigenvalue weighted by atomic mass is 10.1. The number of hydrogen-bond acceptors (Lipinski definition) is 3. The Morgan fingerprint density at radius 1 is 1.05 bits per heavy atom. The van der Waals surface area contributed by atoms with E-state index in [1.54, 1.807) is 6.92 Å². The van der Waals surface area contributed by atoms with Gasteiger partial charge in [-0.2, -0.15) is 5.06 Å². The fraction of sp³-hybridized carbons (Fsp3) is 0.278. The van der Waals surface area contributed by atoms with Crippen molar-refractivity contribution in [3.63, 3.8) is 0 Å². The molecule has 2 aromatic carbocycles. The zero-order chi connectivity index (χ0) is 15.8. The topological polar surface area (TPSA) is 38.8 Å². The molecule has 0 spiro atoms. The van der Waals surface area contributed by atoms with E-state index in [1.807, 2.05) is 61.5 Å². The second-order valence-electron chi connectivity index (χ2n) is 4.92. The summed E-state index contributed by atoms with van der Waals surface area (Å²) in [5, 5.41) is 1.28. The molecule has 116 valence electrons. The number of amides is 1. The molecule has 4 heteroatoms. The number of rotatable bonds is 6. The Morgan fingerprint density at radius 3 is 2.41 bits per heavy atom. The summed E-state index contributed by atoms with van der Waals surface area (Å²) in [5.74, 6) is 0. The third-order valence-electron chi connectivity index (χ3n) is 3.28. The Bertz CT molecular complexity index is 598. The number of nitrogens with zero attached hydrogens (tertiary/aromatic N) is 1. The fourth-order valence-electron chi connectivity index (χ4n) is 2.03. The van der Waals surface area contributed by atoms with Crippen molar-refractivity contribution in [2.75, 3.05) is 6.61 Å². The summed E-state index contributed by atoms with van der Waals surface area (Å²) >= 11 is 0. The number of ether oxygens (including phenoxy) is 1. The molecule has 4 nitrogen and oxygen atoms in total. The number of carbonyl (C=O) groups is 1. The van der Waals surface area contributed by atoms with Gasteiger partial charge in [-0.1, -0.05) is 54.6 Å². The molecular formula is C18H21NO3. The summed E-state index contributed by atoms with van der Waals surface area (Å²) in [6.45, 7) is 4.79. The molecule has 2 rings (SSSR count). The first-order valence-corrected chi connectivity index (χ1v) is 7.36. The molecule has 0 unspecified atom stereocenters. The molecule has 0 saturated heterocycles. The highest BCUT2D eigenvalue weighted by atomic mass is 16.7. The second kappa shape index (κ2) is 8.20. The van der Waals surface area contributed by atoms with Crippen LogP contribution in [-0.2, 0) is 22.7 Å². The van der Waals surface area contributed by atoms with E-state index >= 15 is 0 Å². The van der Waals surface area contributed by atoms with Crippen LogP contribution in [0.25, 0.3) is 0 Å². The fourth-order valence-corrected chi connectivity index (χ4v) is 2.03. The lowest BCUT2D eigenvalue weighted by Crippen LogP contribution is -2.31. The molecule has 0 N–H and O–H groups in total. The van der Waals surface area contributed by atoms with Gasteiger partial charge in [-0.15, -0.1) is 0 Å². The molecule has 0 aliphatic carbocycles. The summed E-state index contributed by atoms with van der Waals surface area (Å²) in [7, 11) is 0. The first kappa shape index (κ1) is 16.0. The lowest BCUT2D eigenvalue weighted by Gasteiger charge is -2.22. The Kier molecular flexibility index (Phi) is 5.98.